The third kappa shape index (κ3) is 5.17. The molecule has 1 aromatic heterocycles. The lowest BCUT2D eigenvalue weighted by Gasteiger charge is -2.19. The van der Waals surface area contributed by atoms with Crippen molar-refractivity contribution < 1.29 is 4.79 Å². The fourth-order valence-corrected chi connectivity index (χ4v) is 2.23. The number of pyridine rings is 1. The quantitative estimate of drug-likeness (QED) is 0.798. The molecule has 0 radical (unpaired) electrons. The number of amides is 1. The highest BCUT2D eigenvalue weighted by atomic mass is 16.1. The molecular weight excluding hydrogens is 254 g/mol. The van der Waals surface area contributed by atoms with E-state index in [9.17, 15) is 9.59 Å². The molecule has 0 saturated carbocycles. The van der Waals surface area contributed by atoms with Crippen molar-refractivity contribution in [2.45, 2.75) is 33.1 Å². The summed E-state index contributed by atoms with van der Waals surface area (Å²) < 4.78 is 1.45. The van der Waals surface area contributed by atoms with Crippen LogP contribution in [0, 0.1) is 11.8 Å². The minimum absolute atomic E-state index is 0.0219. The van der Waals surface area contributed by atoms with Crippen molar-refractivity contribution in [1.29, 1.82) is 0 Å². The predicted octanol–water partition coefficient (Wildman–Crippen LogP) is 1.73. The minimum Gasteiger partial charge on any atom is -0.330 e. The van der Waals surface area contributed by atoms with Crippen molar-refractivity contribution in [2.24, 2.45) is 24.6 Å². The molecule has 1 amide bonds. The van der Waals surface area contributed by atoms with Gasteiger partial charge in [0, 0.05) is 25.7 Å². The van der Waals surface area contributed by atoms with Crippen LogP contribution in [0.15, 0.2) is 23.1 Å². The summed E-state index contributed by atoms with van der Waals surface area (Å²) in [6.07, 6.45) is 3.89. The number of aromatic nitrogens is 1. The lowest BCUT2D eigenvalue weighted by atomic mass is 9.88. The summed E-state index contributed by atoms with van der Waals surface area (Å²) in [7, 11) is 1.66. The summed E-state index contributed by atoms with van der Waals surface area (Å²) in [6, 6.07) is 3.07. The number of nitrogens with two attached hydrogens (primary N) is 1. The fraction of sp³-hybridized carbons (Fsp3) is 0.600. The average Bonchev–Trinajstić information content (AvgIpc) is 2.38. The van der Waals surface area contributed by atoms with E-state index in [2.05, 4.69) is 19.2 Å². The van der Waals surface area contributed by atoms with Gasteiger partial charge in [-0.1, -0.05) is 13.8 Å². The zero-order valence-electron chi connectivity index (χ0n) is 12.6. The number of hydrogen-bond donors (Lipinski definition) is 2. The zero-order valence-corrected chi connectivity index (χ0v) is 12.6. The van der Waals surface area contributed by atoms with Gasteiger partial charge in [-0.25, -0.2) is 0 Å². The van der Waals surface area contributed by atoms with Crippen molar-refractivity contribution in [3.05, 3.63) is 28.7 Å². The molecule has 0 saturated heterocycles. The number of hydrogen-bond acceptors (Lipinski definition) is 3. The van der Waals surface area contributed by atoms with E-state index in [0.29, 0.717) is 30.5 Å². The molecule has 0 aliphatic carbocycles. The largest absolute Gasteiger partial charge is 0.330 e. The Balaban J connectivity index is 2.50. The van der Waals surface area contributed by atoms with Crippen LogP contribution >= 0.6 is 0 Å². The molecule has 1 unspecified atom stereocenters. The van der Waals surface area contributed by atoms with Crippen LogP contribution in [0.5, 0.6) is 0 Å². The fourth-order valence-electron chi connectivity index (χ4n) is 2.23. The highest BCUT2D eigenvalue weighted by Gasteiger charge is 2.14. The van der Waals surface area contributed by atoms with E-state index in [0.717, 1.165) is 12.8 Å². The van der Waals surface area contributed by atoms with Crippen molar-refractivity contribution in [3.63, 3.8) is 0 Å². The van der Waals surface area contributed by atoms with Gasteiger partial charge < -0.3 is 15.6 Å². The maximum Gasteiger partial charge on any atom is 0.250 e. The van der Waals surface area contributed by atoms with Crippen LogP contribution < -0.4 is 16.6 Å². The number of carbonyl (C=O) groups is 1. The number of anilines is 1. The van der Waals surface area contributed by atoms with Crippen LogP contribution in [0.25, 0.3) is 0 Å². The van der Waals surface area contributed by atoms with Crippen molar-refractivity contribution in [2.75, 3.05) is 11.9 Å². The molecule has 1 aromatic rings. The molecule has 5 nitrogen and oxygen atoms in total. The standard InChI is InChI=1S/C15H25N3O2/c1-11(2)12(8-9-16)4-6-14(19)17-13-5-7-15(20)18(3)10-13/h5,7,10-12H,4,6,8-9,16H2,1-3H3,(H,17,19). The maximum atomic E-state index is 11.9. The number of nitrogens with one attached hydrogen (secondary N) is 1. The first kappa shape index (κ1) is 16.4. The average molecular weight is 279 g/mol. The van der Waals surface area contributed by atoms with Gasteiger partial charge in [0.05, 0.1) is 5.69 Å². The van der Waals surface area contributed by atoms with Gasteiger partial charge in [-0.15, -0.1) is 0 Å². The molecule has 112 valence electrons. The summed E-state index contributed by atoms with van der Waals surface area (Å²) in [4.78, 5) is 23.2. The summed E-state index contributed by atoms with van der Waals surface area (Å²) in [5.41, 5.74) is 6.15. The van der Waals surface area contributed by atoms with E-state index < -0.39 is 0 Å². The summed E-state index contributed by atoms with van der Waals surface area (Å²) in [5, 5.41) is 2.82. The monoisotopic (exact) mass is 279 g/mol. The molecule has 1 rings (SSSR count). The molecule has 0 aliphatic rings. The third-order valence-electron chi connectivity index (χ3n) is 3.59. The van der Waals surface area contributed by atoms with Gasteiger partial charge in [0.15, 0.2) is 0 Å². The van der Waals surface area contributed by atoms with Gasteiger partial charge in [-0.2, -0.15) is 0 Å². The van der Waals surface area contributed by atoms with Gasteiger partial charge in [0.2, 0.25) is 11.5 Å². The van der Waals surface area contributed by atoms with Gasteiger partial charge >= 0.3 is 0 Å². The Kier molecular flexibility index (Phi) is 6.45. The molecule has 20 heavy (non-hydrogen) atoms. The lowest BCUT2D eigenvalue weighted by Crippen LogP contribution is -2.20. The molecule has 1 heterocycles. The molecule has 0 aliphatic heterocycles. The summed E-state index contributed by atoms with van der Waals surface area (Å²) >= 11 is 0. The smallest absolute Gasteiger partial charge is 0.250 e. The first-order valence-corrected chi connectivity index (χ1v) is 7.10. The van der Waals surface area contributed by atoms with Crippen LogP contribution in [0.3, 0.4) is 0 Å². The highest BCUT2D eigenvalue weighted by molar-refractivity contribution is 5.90. The predicted molar refractivity (Wildman–Crippen MR) is 81.5 cm³/mol. The number of carbonyl (C=O) groups excluding carboxylic acids is 1. The van der Waals surface area contributed by atoms with Gasteiger partial charge in [0.1, 0.15) is 0 Å². The minimum atomic E-state index is -0.0918. The second-order valence-electron chi connectivity index (χ2n) is 5.54. The lowest BCUT2D eigenvalue weighted by molar-refractivity contribution is -0.116. The second-order valence-corrected chi connectivity index (χ2v) is 5.54. The number of aryl methyl sites for hydroxylation is 1. The maximum absolute atomic E-state index is 11.9. The molecule has 3 N–H and O–H groups in total. The van der Waals surface area contributed by atoms with Crippen LogP contribution in [0.4, 0.5) is 5.69 Å². The van der Waals surface area contributed by atoms with Crippen molar-refractivity contribution >= 4 is 11.6 Å². The van der Waals surface area contributed by atoms with E-state index in [1.807, 2.05) is 0 Å². The molecule has 0 bridgehead atoms. The Morgan fingerprint density at radius 1 is 1.35 bits per heavy atom. The number of nitrogens with zero attached hydrogens (tertiary/aromatic N) is 1. The van der Waals surface area contributed by atoms with Crippen LogP contribution in [-0.4, -0.2) is 17.0 Å². The Morgan fingerprint density at radius 2 is 2.05 bits per heavy atom. The zero-order chi connectivity index (χ0) is 15.1. The highest BCUT2D eigenvalue weighted by Crippen LogP contribution is 2.20. The third-order valence-corrected chi connectivity index (χ3v) is 3.59. The first-order chi connectivity index (χ1) is 9.43. The van der Waals surface area contributed by atoms with Gasteiger partial charge in [-0.05, 0) is 37.3 Å². The molecule has 0 aromatic carbocycles. The molecule has 5 heteroatoms. The van der Waals surface area contributed by atoms with Crippen molar-refractivity contribution in [3.8, 4) is 0 Å². The van der Waals surface area contributed by atoms with E-state index >= 15 is 0 Å². The van der Waals surface area contributed by atoms with Gasteiger partial charge in [-0.3, -0.25) is 9.59 Å². The SMILES string of the molecule is CC(C)C(CCN)CCC(=O)Nc1ccc(=O)n(C)c1. The summed E-state index contributed by atoms with van der Waals surface area (Å²) in [5.74, 6) is 0.987. The normalized spacial score (nSPS) is 12.4. The Morgan fingerprint density at radius 3 is 2.60 bits per heavy atom. The molecule has 1 atom stereocenters. The van der Waals surface area contributed by atoms with Crippen LogP contribution in [0.2, 0.25) is 0 Å². The topological polar surface area (TPSA) is 77.1 Å². The van der Waals surface area contributed by atoms with E-state index in [1.165, 1.54) is 10.6 Å². The number of rotatable bonds is 7. The first-order valence-electron chi connectivity index (χ1n) is 7.10. The second kappa shape index (κ2) is 7.85. The van der Waals surface area contributed by atoms with E-state index in [-0.39, 0.29) is 11.5 Å². The van der Waals surface area contributed by atoms with Gasteiger partial charge in [0.25, 0.3) is 0 Å². The Labute approximate surface area is 120 Å². The summed E-state index contributed by atoms with van der Waals surface area (Å²) in [6.45, 7) is 4.97. The van der Waals surface area contributed by atoms with E-state index in [1.54, 1.807) is 19.3 Å². The Hall–Kier alpha value is -1.62. The van der Waals surface area contributed by atoms with Crippen molar-refractivity contribution in [1.82, 2.24) is 4.57 Å². The van der Waals surface area contributed by atoms with Crippen LogP contribution in [-0.2, 0) is 11.8 Å². The Bertz CT molecular complexity index is 494. The molecule has 0 spiro atoms. The van der Waals surface area contributed by atoms with Crippen LogP contribution in [0.1, 0.15) is 33.1 Å². The molecular formula is C15H25N3O2. The van der Waals surface area contributed by atoms with E-state index in [4.69, 9.17) is 5.73 Å². The molecule has 0 fully saturated rings.